The first-order valence-electron chi connectivity index (χ1n) is 8.64. The fraction of sp³-hybridized carbons (Fsp3) is 0.350. The van der Waals surface area contributed by atoms with E-state index < -0.39 is 0 Å². The van der Waals surface area contributed by atoms with Crippen molar-refractivity contribution in [2.24, 2.45) is 4.99 Å². The van der Waals surface area contributed by atoms with Gasteiger partial charge in [-0.1, -0.05) is 36.4 Å². The first-order valence-corrected chi connectivity index (χ1v) is 8.64. The molecule has 1 aliphatic carbocycles. The zero-order valence-electron chi connectivity index (χ0n) is 15.0. The van der Waals surface area contributed by atoms with Crippen molar-refractivity contribution in [2.45, 2.75) is 31.8 Å². The van der Waals surface area contributed by atoms with Crippen molar-refractivity contribution < 1.29 is 9.13 Å². The van der Waals surface area contributed by atoms with E-state index >= 15 is 0 Å². The van der Waals surface area contributed by atoms with Gasteiger partial charge in [0.15, 0.2) is 5.96 Å². The van der Waals surface area contributed by atoms with Crippen LogP contribution in [0.1, 0.15) is 30.4 Å². The minimum absolute atomic E-state index is 0. The average Bonchev–Trinajstić information content (AvgIpc) is 3.39. The summed E-state index contributed by atoms with van der Waals surface area (Å²) in [5.41, 5.74) is 1.81. The smallest absolute Gasteiger partial charge is 0.191 e. The molecule has 0 amide bonds. The van der Waals surface area contributed by atoms with Crippen molar-refractivity contribution in [3.8, 4) is 5.75 Å². The van der Waals surface area contributed by atoms with E-state index in [0.717, 1.165) is 35.8 Å². The van der Waals surface area contributed by atoms with Crippen LogP contribution in [0, 0.1) is 5.82 Å². The van der Waals surface area contributed by atoms with E-state index in [9.17, 15) is 4.39 Å². The lowest BCUT2D eigenvalue weighted by atomic mass is 10.1. The predicted octanol–water partition coefficient (Wildman–Crippen LogP) is 4.06. The largest absolute Gasteiger partial charge is 0.496 e. The number of ether oxygens (including phenoxy) is 1. The SMILES string of the molecule is CCNC(=NCc1ccccc1OC)NC1CC1c1ccccc1F.I. The number of rotatable bonds is 6. The highest BCUT2D eigenvalue weighted by molar-refractivity contribution is 14.0. The molecule has 0 aliphatic heterocycles. The lowest BCUT2D eigenvalue weighted by Gasteiger charge is -2.12. The Kier molecular flexibility index (Phi) is 7.68. The van der Waals surface area contributed by atoms with Gasteiger partial charge in [0.1, 0.15) is 11.6 Å². The van der Waals surface area contributed by atoms with Crippen LogP contribution in [-0.4, -0.2) is 25.7 Å². The van der Waals surface area contributed by atoms with Crippen LogP contribution in [0.2, 0.25) is 0 Å². The zero-order valence-corrected chi connectivity index (χ0v) is 17.4. The monoisotopic (exact) mass is 469 g/mol. The van der Waals surface area contributed by atoms with Crippen LogP contribution >= 0.6 is 24.0 Å². The predicted molar refractivity (Wildman–Crippen MR) is 114 cm³/mol. The third kappa shape index (κ3) is 5.09. The summed E-state index contributed by atoms with van der Waals surface area (Å²) in [5.74, 6) is 1.65. The van der Waals surface area contributed by atoms with Gasteiger partial charge in [-0.3, -0.25) is 0 Å². The second kappa shape index (κ2) is 9.75. The van der Waals surface area contributed by atoms with Crippen molar-refractivity contribution in [3.05, 3.63) is 65.5 Å². The fourth-order valence-electron chi connectivity index (χ4n) is 2.97. The number of hydrogen-bond donors (Lipinski definition) is 2. The van der Waals surface area contributed by atoms with Gasteiger partial charge in [-0.15, -0.1) is 24.0 Å². The molecule has 2 unspecified atom stereocenters. The summed E-state index contributed by atoms with van der Waals surface area (Å²) in [6.07, 6.45) is 0.917. The summed E-state index contributed by atoms with van der Waals surface area (Å²) >= 11 is 0. The fourth-order valence-corrected chi connectivity index (χ4v) is 2.97. The second-order valence-corrected chi connectivity index (χ2v) is 6.12. The molecule has 3 rings (SSSR count). The van der Waals surface area contributed by atoms with Crippen LogP contribution in [0.15, 0.2) is 53.5 Å². The van der Waals surface area contributed by atoms with Crippen molar-refractivity contribution in [2.75, 3.05) is 13.7 Å². The molecular weight excluding hydrogens is 444 g/mol. The molecule has 0 spiro atoms. The van der Waals surface area contributed by atoms with Crippen molar-refractivity contribution >= 4 is 29.9 Å². The van der Waals surface area contributed by atoms with Crippen LogP contribution < -0.4 is 15.4 Å². The Labute approximate surface area is 171 Å². The lowest BCUT2D eigenvalue weighted by Crippen LogP contribution is -2.39. The number of nitrogens with zero attached hydrogens (tertiary/aromatic N) is 1. The van der Waals surface area contributed by atoms with Crippen LogP contribution in [0.25, 0.3) is 0 Å². The number of nitrogens with one attached hydrogen (secondary N) is 2. The Bertz CT molecular complexity index is 753. The summed E-state index contributed by atoms with van der Waals surface area (Å²) in [6, 6.07) is 15.1. The molecule has 2 atom stereocenters. The van der Waals surface area contributed by atoms with Gasteiger partial charge in [0.2, 0.25) is 0 Å². The number of aliphatic imine (C=N–C) groups is 1. The maximum Gasteiger partial charge on any atom is 0.191 e. The van der Waals surface area contributed by atoms with Gasteiger partial charge in [0, 0.05) is 24.1 Å². The third-order valence-corrected chi connectivity index (χ3v) is 4.36. The first-order chi connectivity index (χ1) is 12.2. The molecule has 26 heavy (non-hydrogen) atoms. The van der Waals surface area contributed by atoms with Crippen molar-refractivity contribution in [1.29, 1.82) is 0 Å². The summed E-state index contributed by atoms with van der Waals surface area (Å²) in [6.45, 7) is 3.33. The lowest BCUT2D eigenvalue weighted by molar-refractivity contribution is 0.410. The number of guanidine groups is 1. The molecule has 140 valence electrons. The van der Waals surface area contributed by atoms with Crippen molar-refractivity contribution in [3.63, 3.8) is 0 Å². The third-order valence-electron chi connectivity index (χ3n) is 4.36. The maximum atomic E-state index is 13.9. The number of benzene rings is 2. The normalized spacial score (nSPS) is 18.7. The molecule has 6 heteroatoms. The molecule has 2 aromatic rings. The quantitative estimate of drug-likeness (QED) is 0.381. The number of para-hydroxylation sites is 1. The summed E-state index contributed by atoms with van der Waals surface area (Å²) < 4.78 is 19.3. The van der Waals surface area contributed by atoms with E-state index in [4.69, 9.17) is 4.74 Å². The summed E-state index contributed by atoms with van der Waals surface area (Å²) in [4.78, 5) is 4.64. The van der Waals surface area contributed by atoms with Crippen LogP contribution in [-0.2, 0) is 6.54 Å². The molecule has 0 heterocycles. The zero-order chi connectivity index (χ0) is 17.6. The minimum Gasteiger partial charge on any atom is -0.496 e. The van der Waals surface area contributed by atoms with E-state index in [2.05, 4.69) is 15.6 Å². The average molecular weight is 469 g/mol. The molecule has 2 aromatic carbocycles. The Balaban J connectivity index is 0.00000243. The Hall–Kier alpha value is -1.83. The number of hydrogen-bond acceptors (Lipinski definition) is 2. The van der Waals surface area contributed by atoms with Crippen LogP contribution in [0.4, 0.5) is 4.39 Å². The molecule has 2 N–H and O–H groups in total. The van der Waals surface area contributed by atoms with Gasteiger partial charge in [-0.05, 0) is 31.0 Å². The highest BCUT2D eigenvalue weighted by atomic mass is 127. The topological polar surface area (TPSA) is 45.7 Å². The van der Waals surface area contributed by atoms with Gasteiger partial charge in [-0.25, -0.2) is 9.38 Å². The van der Waals surface area contributed by atoms with Gasteiger partial charge in [0.05, 0.1) is 13.7 Å². The van der Waals surface area contributed by atoms with Gasteiger partial charge in [-0.2, -0.15) is 0 Å². The van der Waals surface area contributed by atoms with E-state index in [-0.39, 0.29) is 41.8 Å². The van der Waals surface area contributed by atoms with Gasteiger partial charge in [0.25, 0.3) is 0 Å². The van der Waals surface area contributed by atoms with E-state index in [0.29, 0.717) is 6.54 Å². The van der Waals surface area contributed by atoms with Gasteiger partial charge >= 0.3 is 0 Å². The summed E-state index contributed by atoms with van der Waals surface area (Å²) in [5, 5.41) is 6.66. The molecule has 0 saturated heterocycles. The van der Waals surface area contributed by atoms with E-state index in [1.807, 2.05) is 43.3 Å². The van der Waals surface area contributed by atoms with Crippen LogP contribution in [0.5, 0.6) is 5.75 Å². The highest BCUT2D eigenvalue weighted by Gasteiger charge is 2.40. The highest BCUT2D eigenvalue weighted by Crippen LogP contribution is 2.41. The van der Waals surface area contributed by atoms with Crippen molar-refractivity contribution in [1.82, 2.24) is 10.6 Å². The molecule has 1 aliphatic rings. The molecule has 1 saturated carbocycles. The molecule has 0 radical (unpaired) electrons. The maximum absolute atomic E-state index is 13.9. The molecule has 4 nitrogen and oxygen atoms in total. The Morgan fingerprint density at radius 2 is 1.92 bits per heavy atom. The standard InChI is InChI=1S/C20H24FN3O.HI/c1-3-22-20(23-13-14-8-4-7-11-19(14)25-2)24-18-12-16(18)15-9-5-6-10-17(15)21;/h4-11,16,18H,3,12-13H2,1-2H3,(H2,22,23,24);1H. The van der Waals surface area contributed by atoms with E-state index in [1.54, 1.807) is 13.2 Å². The minimum atomic E-state index is -0.132. The van der Waals surface area contributed by atoms with Gasteiger partial charge < -0.3 is 15.4 Å². The Morgan fingerprint density at radius 1 is 1.19 bits per heavy atom. The molecule has 1 fully saturated rings. The first kappa shape index (κ1) is 20.5. The van der Waals surface area contributed by atoms with E-state index in [1.165, 1.54) is 6.07 Å². The number of halogens is 2. The Morgan fingerprint density at radius 3 is 2.65 bits per heavy atom. The number of methoxy groups -OCH3 is 1. The second-order valence-electron chi connectivity index (χ2n) is 6.12. The molecule has 0 aromatic heterocycles. The van der Waals surface area contributed by atoms with Crippen LogP contribution in [0.3, 0.4) is 0 Å². The molecular formula is C20H25FIN3O. The molecule has 0 bridgehead atoms. The summed E-state index contributed by atoms with van der Waals surface area (Å²) in [7, 11) is 1.66.